The molecule has 3 rings (SSSR count). The van der Waals surface area contributed by atoms with E-state index in [2.05, 4.69) is 32.5 Å². The largest absolute Gasteiger partial charge is 0.346 e. The Morgan fingerprint density at radius 3 is 2.88 bits per heavy atom. The molecular formula is C18H22N6O2. The maximum Gasteiger partial charge on any atom is 0.227 e. The number of carbonyl (C=O) groups excluding carboxylic acids is 1. The molecule has 0 aliphatic heterocycles. The highest BCUT2D eigenvalue weighted by Crippen LogP contribution is 2.15. The molecular weight excluding hydrogens is 332 g/mol. The molecule has 0 radical (unpaired) electrons. The molecule has 2 heterocycles. The number of amides is 1. The summed E-state index contributed by atoms with van der Waals surface area (Å²) in [6, 6.07) is 9.37. The quantitative estimate of drug-likeness (QED) is 0.667. The van der Waals surface area contributed by atoms with Crippen molar-refractivity contribution in [3.05, 3.63) is 48.4 Å². The van der Waals surface area contributed by atoms with Crippen LogP contribution >= 0.6 is 0 Å². The van der Waals surface area contributed by atoms with E-state index in [1.165, 1.54) is 6.33 Å². The molecule has 1 N–H and O–H groups in total. The van der Waals surface area contributed by atoms with Crippen LogP contribution in [0.3, 0.4) is 0 Å². The number of nitrogens with one attached hydrogen (secondary N) is 1. The molecule has 0 aliphatic rings. The van der Waals surface area contributed by atoms with Crippen molar-refractivity contribution in [3.63, 3.8) is 0 Å². The first-order valence-corrected chi connectivity index (χ1v) is 8.72. The Hall–Kier alpha value is -3.03. The van der Waals surface area contributed by atoms with Crippen molar-refractivity contribution in [2.75, 3.05) is 0 Å². The van der Waals surface area contributed by atoms with Crippen LogP contribution in [0.25, 0.3) is 11.4 Å². The van der Waals surface area contributed by atoms with Crippen LogP contribution in [0.15, 0.2) is 41.2 Å². The van der Waals surface area contributed by atoms with Crippen LogP contribution in [-0.2, 0) is 17.8 Å². The third kappa shape index (κ3) is 4.33. The molecule has 0 aliphatic carbocycles. The smallest absolute Gasteiger partial charge is 0.227 e. The lowest BCUT2D eigenvalue weighted by molar-refractivity contribution is -0.121. The lowest BCUT2D eigenvalue weighted by Gasteiger charge is -2.14. The van der Waals surface area contributed by atoms with Gasteiger partial charge in [-0.25, -0.2) is 9.67 Å². The van der Waals surface area contributed by atoms with E-state index in [1.54, 1.807) is 0 Å². The molecule has 26 heavy (non-hydrogen) atoms. The number of hydrogen-bond donors (Lipinski definition) is 1. The van der Waals surface area contributed by atoms with Gasteiger partial charge in [-0.3, -0.25) is 4.79 Å². The molecule has 8 heteroatoms. The second-order valence-electron chi connectivity index (χ2n) is 6.01. The van der Waals surface area contributed by atoms with Crippen molar-refractivity contribution in [1.82, 2.24) is 30.2 Å². The number of nitrogens with zero attached hydrogens (tertiary/aromatic N) is 5. The summed E-state index contributed by atoms with van der Waals surface area (Å²) in [4.78, 5) is 20.8. The van der Waals surface area contributed by atoms with Gasteiger partial charge in [0.15, 0.2) is 0 Å². The molecule has 0 fully saturated rings. The molecule has 0 saturated heterocycles. The number of aromatic nitrogens is 5. The second-order valence-corrected chi connectivity index (χ2v) is 6.01. The summed E-state index contributed by atoms with van der Waals surface area (Å²) in [6.45, 7) is 4.75. The van der Waals surface area contributed by atoms with Gasteiger partial charge in [0.2, 0.25) is 17.6 Å². The zero-order chi connectivity index (χ0) is 18.4. The third-order valence-electron chi connectivity index (χ3n) is 3.91. The fraction of sp³-hybridized carbons (Fsp3) is 0.389. The topological polar surface area (TPSA) is 98.7 Å². The van der Waals surface area contributed by atoms with E-state index < -0.39 is 0 Å². The van der Waals surface area contributed by atoms with Gasteiger partial charge in [0.05, 0.1) is 6.04 Å². The van der Waals surface area contributed by atoms with Gasteiger partial charge in [0.1, 0.15) is 12.2 Å². The first-order valence-electron chi connectivity index (χ1n) is 8.72. The standard InChI is InChI=1S/C18H22N6O2/c1-3-11-24-18(19-12-20-24)13(2)21-15(25)9-10-16-22-17(23-26-16)14-7-5-4-6-8-14/h4-8,12-13H,3,9-11H2,1-2H3,(H,21,25)/t13-/m1/s1. The van der Waals surface area contributed by atoms with Gasteiger partial charge in [0.25, 0.3) is 0 Å². The van der Waals surface area contributed by atoms with Crippen molar-refractivity contribution in [2.24, 2.45) is 0 Å². The molecule has 8 nitrogen and oxygen atoms in total. The van der Waals surface area contributed by atoms with Gasteiger partial charge in [-0.2, -0.15) is 10.1 Å². The Labute approximate surface area is 151 Å². The zero-order valence-electron chi connectivity index (χ0n) is 14.9. The van der Waals surface area contributed by atoms with E-state index in [4.69, 9.17) is 4.52 Å². The lowest BCUT2D eigenvalue weighted by Crippen LogP contribution is -2.29. The van der Waals surface area contributed by atoms with Crippen molar-refractivity contribution < 1.29 is 9.32 Å². The van der Waals surface area contributed by atoms with Crippen LogP contribution in [0.5, 0.6) is 0 Å². The van der Waals surface area contributed by atoms with Crippen LogP contribution in [-0.4, -0.2) is 30.8 Å². The van der Waals surface area contributed by atoms with Gasteiger partial charge in [-0.1, -0.05) is 42.4 Å². The van der Waals surface area contributed by atoms with Crippen molar-refractivity contribution in [3.8, 4) is 11.4 Å². The van der Waals surface area contributed by atoms with Crippen LogP contribution in [0, 0.1) is 0 Å². The Morgan fingerprint density at radius 2 is 2.12 bits per heavy atom. The van der Waals surface area contributed by atoms with Gasteiger partial charge in [0, 0.05) is 24.9 Å². The SMILES string of the molecule is CCCn1ncnc1[C@@H](C)NC(=O)CCc1nc(-c2ccccc2)no1. The average Bonchev–Trinajstić information content (AvgIpc) is 3.30. The molecule has 3 aromatic rings. The van der Waals surface area contributed by atoms with E-state index in [0.717, 1.165) is 24.4 Å². The number of carbonyl (C=O) groups is 1. The molecule has 2 aromatic heterocycles. The number of benzene rings is 1. The Balaban J connectivity index is 1.53. The van der Waals surface area contributed by atoms with Crippen LogP contribution in [0.4, 0.5) is 0 Å². The highest BCUT2D eigenvalue weighted by Gasteiger charge is 2.16. The van der Waals surface area contributed by atoms with Gasteiger partial charge in [-0.05, 0) is 13.3 Å². The van der Waals surface area contributed by atoms with Crippen LogP contribution in [0.1, 0.15) is 44.4 Å². The minimum Gasteiger partial charge on any atom is -0.346 e. The first kappa shape index (κ1) is 17.8. The molecule has 0 bridgehead atoms. The van der Waals surface area contributed by atoms with Gasteiger partial charge < -0.3 is 9.84 Å². The van der Waals surface area contributed by atoms with Crippen molar-refractivity contribution in [1.29, 1.82) is 0 Å². The monoisotopic (exact) mass is 354 g/mol. The molecule has 1 atom stereocenters. The van der Waals surface area contributed by atoms with Crippen molar-refractivity contribution >= 4 is 5.91 Å². The van der Waals surface area contributed by atoms with E-state index in [0.29, 0.717) is 18.1 Å². The fourth-order valence-electron chi connectivity index (χ4n) is 2.65. The predicted molar refractivity (Wildman–Crippen MR) is 94.9 cm³/mol. The summed E-state index contributed by atoms with van der Waals surface area (Å²) in [5.74, 6) is 1.63. The Morgan fingerprint density at radius 1 is 1.31 bits per heavy atom. The zero-order valence-corrected chi connectivity index (χ0v) is 14.9. The summed E-state index contributed by atoms with van der Waals surface area (Å²) < 4.78 is 7.04. The second kappa shape index (κ2) is 8.37. The lowest BCUT2D eigenvalue weighted by atomic mass is 10.2. The number of rotatable bonds is 8. The summed E-state index contributed by atoms with van der Waals surface area (Å²) in [7, 11) is 0. The molecule has 1 amide bonds. The number of aryl methyl sites for hydroxylation is 2. The van der Waals surface area contributed by atoms with Gasteiger partial charge >= 0.3 is 0 Å². The van der Waals surface area contributed by atoms with Crippen molar-refractivity contribution in [2.45, 2.75) is 45.7 Å². The number of hydrogen-bond acceptors (Lipinski definition) is 6. The normalized spacial score (nSPS) is 12.1. The molecule has 0 saturated carbocycles. The van der Waals surface area contributed by atoms with E-state index in [9.17, 15) is 4.79 Å². The van der Waals surface area contributed by atoms with Crippen LogP contribution < -0.4 is 5.32 Å². The molecule has 136 valence electrons. The van der Waals surface area contributed by atoms with Gasteiger partial charge in [-0.15, -0.1) is 0 Å². The minimum absolute atomic E-state index is 0.0944. The highest BCUT2D eigenvalue weighted by atomic mass is 16.5. The molecule has 0 spiro atoms. The third-order valence-corrected chi connectivity index (χ3v) is 3.91. The van der Waals surface area contributed by atoms with E-state index in [1.807, 2.05) is 41.9 Å². The summed E-state index contributed by atoms with van der Waals surface area (Å²) in [6.07, 6.45) is 3.12. The van der Waals surface area contributed by atoms with Crippen LogP contribution in [0.2, 0.25) is 0 Å². The van der Waals surface area contributed by atoms with E-state index >= 15 is 0 Å². The predicted octanol–water partition coefficient (Wildman–Crippen LogP) is 2.55. The Kier molecular flexibility index (Phi) is 5.73. The maximum atomic E-state index is 12.2. The maximum absolute atomic E-state index is 12.2. The summed E-state index contributed by atoms with van der Waals surface area (Å²) in [5.41, 5.74) is 0.885. The highest BCUT2D eigenvalue weighted by molar-refractivity contribution is 5.76. The minimum atomic E-state index is -0.209. The average molecular weight is 354 g/mol. The first-order chi connectivity index (χ1) is 12.7. The molecule has 1 aromatic carbocycles. The fourth-order valence-corrected chi connectivity index (χ4v) is 2.65. The summed E-state index contributed by atoms with van der Waals surface area (Å²) in [5, 5.41) is 11.1. The summed E-state index contributed by atoms with van der Waals surface area (Å²) >= 11 is 0. The van der Waals surface area contributed by atoms with E-state index in [-0.39, 0.29) is 18.4 Å². The molecule has 0 unspecified atom stereocenters. The Bertz CT molecular complexity index is 842.